The summed E-state index contributed by atoms with van der Waals surface area (Å²) in [5.74, 6) is -0.514. The van der Waals surface area contributed by atoms with Gasteiger partial charge in [-0.25, -0.2) is 0 Å². The van der Waals surface area contributed by atoms with Crippen LogP contribution in [0.5, 0.6) is 0 Å². The molecular formula is C11H12Cl2N2O3. The molecule has 7 heteroatoms. The number of rotatable bonds is 4. The van der Waals surface area contributed by atoms with E-state index >= 15 is 0 Å². The summed E-state index contributed by atoms with van der Waals surface area (Å²) < 4.78 is 0. The number of nitro groups is 1. The number of amides is 1. The van der Waals surface area contributed by atoms with Crippen LogP contribution < -0.4 is 0 Å². The minimum atomic E-state index is -0.628. The molecule has 1 amide bonds. The SMILES string of the molecule is CC(Cl)CN(C)C(=O)c1c(Cl)cccc1[N+](=O)[O-]. The van der Waals surface area contributed by atoms with E-state index in [1.165, 1.54) is 30.1 Å². The first-order valence-electron chi connectivity index (χ1n) is 5.17. The van der Waals surface area contributed by atoms with Gasteiger partial charge in [0, 0.05) is 25.0 Å². The average Bonchev–Trinajstić information content (AvgIpc) is 2.26. The molecule has 0 N–H and O–H groups in total. The molecule has 0 fully saturated rings. The quantitative estimate of drug-likeness (QED) is 0.486. The van der Waals surface area contributed by atoms with Crippen LogP contribution in [-0.4, -0.2) is 34.7 Å². The molecular weight excluding hydrogens is 279 g/mol. The first-order valence-corrected chi connectivity index (χ1v) is 5.98. The number of alkyl halides is 1. The third kappa shape index (κ3) is 3.34. The second-order valence-corrected chi connectivity index (χ2v) is 5.01. The molecule has 0 spiro atoms. The third-order valence-electron chi connectivity index (χ3n) is 2.27. The maximum absolute atomic E-state index is 12.1. The Morgan fingerprint density at radius 2 is 2.17 bits per heavy atom. The van der Waals surface area contributed by atoms with Gasteiger partial charge in [-0.2, -0.15) is 0 Å². The van der Waals surface area contributed by atoms with Gasteiger partial charge in [-0.15, -0.1) is 11.6 Å². The van der Waals surface area contributed by atoms with E-state index in [9.17, 15) is 14.9 Å². The number of nitrogens with zero attached hydrogens (tertiary/aromatic N) is 2. The van der Waals surface area contributed by atoms with Gasteiger partial charge in [0.25, 0.3) is 11.6 Å². The molecule has 0 saturated carbocycles. The van der Waals surface area contributed by atoms with Gasteiger partial charge in [0.1, 0.15) is 5.56 Å². The summed E-state index contributed by atoms with van der Waals surface area (Å²) in [6, 6.07) is 4.12. The van der Waals surface area contributed by atoms with Crippen LogP contribution in [0.1, 0.15) is 17.3 Å². The van der Waals surface area contributed by atoms with Crippen molar-refractivity contribution in [3.8, 4) is 0 Å². The number of carbonyl (C=O) groups excluding carboxylic acids is 1. The van der Waals surface area contributed by atoms with Crippen LogP contribution in [0.4, 0.5) is 5.69 Å². The zero-order chi connectivity index (χ0) is 13.9. The zero-order valence-electron chi connectivity index (χ0n) is 9.89. The third-order valence-corrected chi connectivity index (χ3v) is 2.73. The van der Waals surface area contributed by atoms with E-state index in [1.807, 2.05) is 0 Å². The van der Waals surface area contributed by atoms with Crippen LogP contribution in [0.3, 0.4) is 0 Å². The first-order chi connectivity index (χ1) is 8.34. The summed E-state index contributed by atoms with van der Waals surface area (Å²) >= 11 is 11.6. The van der Waals surface area contributed by atoms with Crippen molar-refractivity contribution in [2.45, 2.75) is 12.3 Å². The summed E-state index contributed by atoms with van der Waals surface area (Å²) in [4.78, 5) is 23.7. The summed E-state index contributed by atoms with van der Waals surface area (Å²) in [7, 11) is 1.52. The molecule has 0 aliphatic heterocycles. The van der Waals surface area contributed by atoms with Crippen LogP contribution in [0.2, 0.25) is 5.02 Å². The van der Waals surface area contributed by atoms with Crippen molar-refractivity contribution in [2.75, 3.05) is 13.6 Å². The highest BCUT2D eigenvalue weighted by Gasteiger charge is 2.26. The summed E-state index contributed by atoms with van der Waals surface area (Å²) in [5, 5.41) is 10.7. The van der Waals surface area contributed by atoms with Crippen LogP contribution in [-0.2, 0) is 0 Å². The number of halogens is 2. The fraction of sp³-hybridized carbons (Fsp3) is 0.364. The van der Waals surface area contributed by atoms with Gasteiger partial charge in [-0.1, -0.05) is 17.7 Å². The first kappa shape index (κ1) is 14.7. The number of benzene rings is 1. The Hall–Kier alpha value is -1.33. The predicted molar refractivity (Wildman–Crippen MR) is 70.4 cm³/mol. The molecule has 1 aromatic rings. The van der Waals surface area contributed by atoms with Gasteiger partial charge < -0.3 is 4.90 Å². The Morgan fingerprint density at radius 1 is 1.56 bits per heavy atom. The van der Waals surface area contributed by atoms with Crippen LogP contribution >= 0.6 is 23.2 Å². The topological polar surface area (TPSA) is 63.5 Å². The molecule has 0 aliphatic rings. The highest BCUT2D eigenvalue weighted by atomic mass is 35.5. The lowest BCUT2D eigenvalue weighted by atomic mass is 10.1. The van der Waals surface area contributed by atoms with Gasteiger partial charge in [0.05, 0.1) is 9.95 Å². The monoisotopic (exact) mass is 290 g/mol. The largest absolute Gasteiger partial charge is 0.340 e. The summed E-state index contributed by atoms with van der Waals surface area (Å²) in [6.07, 6.45) is 0. The standard InChI is InChI=1S/C11H12Cl2N2O3/c1-7(12)6-14(2)11(16)10-8(13)4-3-5-9(10)15(17)18/h3-5,7H,6H2,1-2H3. The van der Waals surface area contributed by atoms with Crippen LogP contribution in [0.25, 0.3) is 0 Å². The Balaban J connectivity index is 3.16. The van der Waals surface area contributed by atoms with Crippen LogP contribution in [0, 0.1) is 10.1 Å². The van der Waals surface area contributed by atoms with Crippen molar-refractivity contribution in [3.63, 3.8) is 0 Å². The molecule has 18 heavy (non-hydrogen) atoms. The second kappa shape index (κ2) is 6.02. The second-order valence-electron chi connectivity index (χ2n) is 3.86. The number of nitro benzene ring substituents is 1. The van der Waals surface area contributed by atoms with Gasteiger partial charge in [0.15, 0.2) is 0 Å². The molecule has 1 aromatic carbocycles. The van der Waals surface area contributed by atoms with Crippen LogP contribution in [0.15, 0.2) is 18.2 Å². The van der Waals surface area contributed by atoms with E-state index in [0.717, 1.165) is 0 Å². The highest BCUT2D eigenvalue weighted by molar-refractivity contribution is 6.34. The maximum atomic E-state index is 12.1. The molecule has 0 saturated heterocycles. The minimum absolute atomic E-state index is 0.0586. The number of hydrogen-bond acceptors (Lipinski definition) is 3. The Kier molecular flexibility index (Phi) is 4.93. The Morgan fingerprint density at radius 3 is 2.67 bits per heavy atom. The smallest absolute Gasteiger partial charge is 0.283 e. The van der Waals surface area contributed by atoms with E-state index in [2.05, 4.69) is 0 Å². The van der Waals surface area contributed by atoms with E-state index in [1.54, 1.807) is 6.92 Å². The van der Waals surface area contributed by atoms with Crippen molar-refractivity contribution in [1.82, 2.24) is 4.90 Å². The lowest BCUT2D eigenvalue weighted by Gasteiger charge is -2.18. The normalized spacial score (nSPS) is 12.0. The summed E-state index contributed by atoms with van der Waals surface area (Å²) in [6.45, 7) is 2.01. The lowest BCUT2D eigenvalue weighted by molar-refractivity contribution is -0.385. The van der Waals surface area contributed by atoms with Gasteiger partial charge in [-0.3, -0.25) is 14.9 Å². The highest BCUT2D eigenvalue weighted by Crippen LogP contribution is 2.27. The van der Waals surface area contributed by atoms with E-state index in [0.29, 0.717) is 0 Å². The van der Waals surface area contributed by atoms with Gasteiger partial charge >= 0.3 is 0 Å². The molecule has 0 radical (unpaired) electrons. The molecule has 1 rings (SSSR count). The van der Waals surface area contributed by atoms with Gasteiger partial charge in [-0.05, 0) is 13.0 Å². The average molecular weight is 291 g/mol. The predicted octanol–water partition coefficient (Wildman–Crippen LogP) is 2.95. The van der Waals surface area contributed by atoms with Crippen molar-refractivity contribution >= 4 is 34.8 Å². The molecule has 98 valence electrons. The Labute approximate surface area is 114 Å². The molecule has 1 atom stereocenters. The maximum Gasteiger partial charge on any atom is 0.283 e. The molecule has 5 nitrogen and oxygen atoms in total. The molecule has 0 aromatic heterocycles. The number of carbonyl (C=O) groups is 1. The number of hydrogen-bond donors (Lipinski definition) is 0. The van der Waals surface area contributed by atoms with Crippen molar-refractivity contribution in [2.24, 2.45) is 0 Å². The van der Waals surface area contributed by atoms with E-state index < -0.39 is 10.8 Å². The van der Waals surface area contributed by atoms with Crippen molar-refractivity contribution in [1.29, 1.82) is 0 Å². The Bertz CT molecular complexity index is 477. The van der Waals surface area contributed by atoms with Gasteiger partial charge in [0.2, 0.25) is 0 Å². The van der Waals surface area contributed by atoms with E-state index in [-0.39, 0.29) is 28.2 Å². The summed E-state index contributed by atoms with van der Waals surface area (Å²) in [5.41, 5.74) is -0.412. The minimum Gasteiger partial charge on any atom is -0.340 e. The van der Waals surface area contributed by atoms with E-state index in [4.69, 9.17) is 23.2 Å². The molecule has 0 aliphatic carbocycles. The molecule has 0 heterocycles. The van der Waals surface area contributed by atoms with Crippen molar-refractivity contribution in [3.05, 3.63) is 38.9 Å². The molecule has 1 unspecified atom stereocenters. The fourth-order valence-corrected chi connectivity index (χ4v) is 1.99. The fourth-order valence-electron chi connectivity index (χ4n) is 1.53. The zero-order valence-corrected chi connectivity index (χ0v) is 11.4. The van der Waals surface area contributed by atoms with Crippen molar-refractivity contribution < 1.29 is 9.72 Å². The molecule has 0 bridgehead atoms. The lowest BCUT2D eigenvalue weighted by Crippen LogP contribution is -2.32.